The first-order valence-corrected chi connectivity index (χ1v) is 7.98. The monoisotopic (exact) mass is 356 g/mol. The van der Waals surface area contributed by atoms with Crippen LogP contribution in [0.4, 0.5) is 9.18 Å². The molecule has 0 aliphatic rings. The van der Waals surface area contributed by atoms with Crippen LogP contribution in [0.15, 0.2) is 54.7 Å². The van der Waals surface area contributed by atoms with Crippen molar-refractivity contribution in [2.75, 3.05) is 0 Å². The summed E-state index contributed by atoms with van der Waals surface area (Å²) in [7, 11) is 0. The maximum atomic E-state index is 13.4. The van der Waals surface area contributed by atoms with Gasteiger partial charge in [0.05, 0.1) is 0 Å². The predicted molar refractivity (Wildman–Crippen MR) is 93.1 cm³/mol. The molecule has 3 N–H and O–H groups in total. The average Bonchev–Trinajstić information content (AvgIpc) is 3.02. The Morgan fingerprint density at radius 3 is 2.69 bits per heavy atom. The number of carboxylic acids is 1. The lowest BCUT2D eigenvalue weighted by Crippen LogP contribution is -2.42. The van der Waals surface area contributed by atoms with Crippen LogP contribution in [0.5, 0.6) is 0 Å². The number of hydrogen-bond donors (Lipinski definition) is 3. The molecule has 0 spiro atoms. The molecule has 0 aliphatic carbocycles. The number of H-pyrrole nitrogens is 1. The molecule has 3 aromatic rings. The maximum absolute atomic E-state index is 13.4. The van der Waals surface area contributed by atoms with Crippen LogP contribution in [0.25, 0.3) is 10.9 Å². The van der Waals surface area contributed by atoms with Crippen molar-refractivity contribution in [3.05, 3.63) is 71.7 Å². The first-order chi connectivity index (χ1) is 12.5. The number of fused-ring (bicyclic) bond motifs is 1. The Labute approximate surface area is 148 Å². The van der Waals surface area contributed by atoms with Crippen molar-refractivity contribution in [2.24, 2.45) is 0 Å². The summed E-state index contributed by atoms with van der Waals surface area (Å²) in [6, 6.07) is 12.1. The number of nitrogens with one attached hydrogen (secondary N) is 2. The fraction of sp³-hybridized carbons (Fsp3) is 0.158. The number of amides is 1. The summed E-state index contributed by atoms with van der Waals surface area (Å²) in [6.07, 6.45) is 0.781. The number of ether oxygens (including phenoxy) is 1. The average molecular weight is 356 g/mol. The topological polar surface area (TPSA) is 91.4 Å². The van der Waals surface area contributed by atoms with Gasteiger partial charge in [-0.2, -0.15) is 0 Å². The first kappa shape index (κ1) is 17.5. The third kappa shape index (κ3) is 4.18. The number of benzene rings is 2. The molecule has 0 saturated heterocycles. The van der Waals surface area contributed by atoms with Crippen molar-refractivity contribution in [1.29, 1.82) is 0 Å². The minimum Gasteiger partial charge on any atom is -0.480 e. The van der Waals surface area contributed by atoms with E-state index in [0.29, 0.717) is 16.5 Å². The summed E-state index contributed by atoms with van der Waals surface area (Å²) in [5.74, 6) is -1.62. The number of hydrogen-bond acceptors (Lipinski definition) is 3. The molecular weight excluding hydrogens is 339 g/mol. The normalized spacial score (nSPS) is 11.9. The zero-order chi connectivity index (χ0) is 18.5. The van der Waals surface area contributed by atoms with Crippen molar-refractivity contribution >= 4 is 23.0 Å². The van der Waals surface area contributed by atoms with Crippen LogP contribution in [0.2, 0.25) is 0 Å². The molecule has 2 aromatic carbocycles. The fourth-order valence-corrected chi connectivity index (χ4v) is 2.65. The quantitative estimate of drug-likeness (QED) is 0.632. The van der Waals surface area contributed by atoms with Crippen molar-refractivity contribution in [2.45, 2.75) is 19.1 Å². The van der Waals surface area contributed by atoms with Crippen LogP contribution >= 0.6 is 0 Å². The lowest BCUT2D eigenvalue weighted by molar-refractivity contribution is -0.139. The van der Waals surface area contributed by atoms with Crippen LogP contribution < -0.4 is 5.32 Å². The Morgan fingerprint density at radius 1 is 1.19 bits per heavy atom. The van der Waals surface area contributed by atoms with E-state index in [2.05, 4.69) is 10.3 Å². The molecule has 7 heteroatoms. The molecule has 134 valence electrons. The van der Waals surface area contributed by atoms with Gasteiger partial charge >= 0.3 is 12.1 Å². The van der Waals surface area contributed by atoms with Gasteiger partial charge in [0.15, 0.2) is 0 Å². The van der Waals surface area contributed by atoms with Crippen LogP contribution in [0, 0.1) is 5.82 Å². The summed E-state index contributed by atoms with van der Waals surface area (Å²) in [5, 5.41) is 12.3. The molecule has 0 aliphatic heterocycles. The standard InChI is InChI=1S/C19H17FN2O4/c20-14-6-7-16-15(9-14)13(10-21-16)8-17(18(23)24)22-19(25)26-11-12-4-2-1-3-5-12/h1-7,9-10,17,21H,8,11H2,(H,22,25)(H,23,24)/t17-/m1/s1. The number of aromatic amines is 1. The van der Waals surface area contributed by atoms with Gasteiger partial charge in [-0.25, -0.2) is 14.0 Å². The number of carboxylic acid groups (broad SMARTS) is 1. The molecule has 26 heavy (non-hydrogen) atoms. The lowest BCUT2D eigenvalue weighted by Gasteiger charge is -2.14. The highest BCUT2D eigenvalue weighted by atomic mass is 19.1. The Hall–Kier alpha value is -3.35. The highest BCUT2D eigenvalue weighted by Crippen LogP contribution is 2.20. The number of alkyl carbamates (subject to hydrolysis) is 1. The summed E-state index contributed by atoms with van der Waals surface area (Å²) in [4.78, 5) is 26.4. The van der Waals surface area contributed by atoms with Gasteiger partial charge < -0.3 is 20.1 Å². The van der Waals surface area contributed by atoms with Crippen molar-refractivity contribution in [1.82, 2.24) is 10.3 Å². The van der Waals surface area contributed by atoms with Crippen LogP contribution in [-0.4, -0.2) is 28.2 Å². The van der Waals surface area contributed by atoms with Gasteiger partial charge in [-0.1, -0.05) is 30.3 Å². The van der Waals surface area contributed by atoms with E-state index in [4.69, 9.17) is 4.74 Å². The minimum absolute atomic E-state index is 0.000770. The number of carbonyl (C=O) groups is 2. The van der Waals surface area contributed by atoms with E-state index in [0.717, 1.165) is 5.56 Å². The van der Waals surface area contributed by atoms with E-state index in [1.165, 1.54) is 12.1 Å². The van der Waals surface area contributed by atoms with E-state index in [1.807, 2.05) is 18.2 Å². The van der Waals surface area contributed by atoms with Gasteiger partial charge in [-0.05, 0) is 29.3 Å². The van der Waals surface area contributed by atoms with Gasteiger partial charge in [-0.3, -0.25) is 0 Å². The second kappa shape index (κ2) is 7.69. The molecular formula is C19H17FN2O4. The molecule has 6 nitrogen and oxygen atoms in total. The summed E-state index contributed by atoms with van der Waals surface area (Å²) in [6.45, 7) is 0.0390. The van der Waals surface area contributed by atoms with Crippen LogP contribution in [-0.2, 0) is 22.6 Å². The molecule has 0 fully saturated rings. The zero-order valence-corrected chi connectivity index (χ0v) is 13.7. The molecule has 0 radical (unpaired) electrons. The number of carbonyl (C=O) groups excluding carboxylic acids is 1. The summed E-state index contributed by atoms with van der Waals surface area (Å²) in [5.41, 5.74) is 2.08. The van der Waals surface area contributed by atoms with Crippen molar-refractivity contribution in [3.8, 4) is 0 Å². The SMILES string of the molecule is O=C(N[C@H](Cc1c[nH]c2ccc(F)cc12)C(=O)O)OCc1ccccc1. The molecule has 0 bridgehead atoms. The zero-order valence-electron chi connectivity index (χ0n) is 13.7. The van der Waals surface area contributed by atoms with Gasteiger partial charge in [0.25, 0.3) is 0 Å². The van der Waals surface area contributed by atoms with Crippen LogP contribution in [0.1, 0.15) is 11.1 Å². The largest absolute Gasteiger partial charge is 0.480 e. The highest BCUT2D eigenvalue weighted by Gasteiger charge is 2.22. The lowest BCUT2D eigenvalue weighted by atomic mass is 10.1. The molecule has 1 amide bonds. The van der Waals surface area contributed by atoms with E-state index < -0.39 is 23.9 Å². The molecule has 0 saturated carbocycles. The molecule has 3 rings (SSSR count). The highest BCUT2D eigenvalue weighted by molar-refractivity contribution is 5.85. The maximum Gasteiger partial charge on any atom is 0.408 e. The summed E-state index contributed by atoms with van der Waals surface area (Å²) >= 11 is 0. The van der Waals surface area contributed by atoms with Crippen molar-refractivity contribution < 1.29 is 23.8 Å². The van der Waals surface area contributed by atoms with Gasteiger partial charge in [0, 0.05) is 23.5 Å². The minimum atomic E-state index is -1.20. The smallest absolute Gasteiger partial charge is 0.408 e. The number of halogens is 1. The molecule has 1 aromatic heterocycles. The van der Waals surface area contributed by atoms with Crippen molar-refractivity contribution in [3.63, 3.8) is 0 Å². The Kier molecular flexibility index (Phi) is 5.17. The first-order valence-electron chi connectivity index (χ1n) is 7.98. The number of aromatic nitrogens is 1. The third-order valence-electron chi connectivity index (χ3n) is 3.96. The Bertz CT molecular complexity index is 924. The molecule has 0 unspecified atom stereocenters. The van der Waals surface area contributed by atoms with E-state index >= 15 is 0 Å². The Balaban J connectivity index is 1.66. The molecule has 1 heterocycles. The third-order valence-corrected chi connectivity index (χ3v) is 3.96. The summed E-state index contributed by atoms with van der Waals surface area (Å²) < 4.78 is 18.5. The van der Waals surface area contributed by atoms with Gasteiger partial charge in [0.1, 0.15) is 18.5 Å². The van der Waals surface area contributed by atoms with E-state index in [-0.39, 0.29) is 13.0 Å². The second-order valence-corrected chi connectivity index (χ2v) is 5.80. The Morgan fingerprint density at radius 2 is 1.96 bits per heavy atom. The predicted octanol–water partition coefficient (Wildman–Crippen LogP) is 3.23. The van der Waals surface area contributed by atoms with Gasteiger partial charge in [-0.15, -0.1) is 0 Å². The second-order valence-electron chi connectivity index (χ2n) is 5.80. The fourth-order valence-electron chi connectivity index (χ4n) is 2.65. The molecule has 1 atom stereocenters. The van der Waals surface area contributed by atoms with Crippen LogP contribution in [0.3, 0.4) is 0 Å². The van der Waals surface area contributed by atoms with E-state index in [1.54, 1.807) is 24.4 Å². The van der Waals surface area contributed by atoms with Gasteiger partial charge in [0.2, 0.25) is 0 Å². The number of aliphatic carboxylic acids is 1. The number of rotatable bonds is 6. The van der Waals surface area contributed by atoms with E-state index in [9.17, 15) is 19.1 Å².